The topological polar surface area (TPSA) is 17.1 Å². The number of carbonyl (C=O) groups is 1. The predicted molar refractivity (Wildman–Crippen MR) is 68.7 cm³/mol. The molecular weight excluding hydrogens is 240 g/mol. The van der Waals surface area contributed by atoms with Crippen molar-refractivity contribution in [3.8, 4) is 0 Å². The molecule has 82 valence electrons. The van der Waals surface area contributed by atoms with Gasteiger partial charge in [-0.25, -0.2) is 0 Å². The van der Waals surface area contributed by atoms with Gasteiger partial charge in [0.15, 0.2) is 0 Å². The minimum Gasteiger partial charge on any atom is -0.288 e. The summed E-state index contributed by atoms with van der Waals surface area (Å²) in [5, 5.41) is 2.63. The molecule has 0 N–H and O–H groups in total. The van der Waals surface area contributed by atoms with Gasteiger partial charge in [0, 0.05) is 10.6 Å². The predicted octanol–water partition coefficient (Wildman–Crippen LogP) is 4.25. The molecule has 0 aliphatic rings. The van der Waals surface area contributed by atoms with Crippen LogP contribution in [0, 0.1) is 13.8 Å². The number of rotatable bonds is 2. The van der Waals surface area contributed by atoms with Gasteiger partial charge in [-0.2, -0.15) is 0 Å². The lowest BCUT2D eigenvalue weighted by molar-refractivity contribution is 0.104. The van der Waals surface area contributed by atoms with Gasteiger partial charge in [0.1, 0.15) is 0 Å². The fraction of sp³-hybridized carbons (Fsp3) is 0.154. The van der Waals surface area contributed by atoms with Crippen molar-refractivity contribution in [3.05, 3.63) is 56.2 Å². The monoisotopic (exact) mass is 250 g/mol. The quantitative estimate of drug-likeness (QED) is 0.729. The summed E-state index contributed by atoms with van der Waals surface area (Å²) in [7, 11) is 0. The van der Waals surface area contributed by atoms with Gasteiger partial charge in [0.25, 0.3) is 0 Å². The molecule has 0 atom stereocenters. The van der Waals surface area contributed by atoms with Gasteiger partial charge in [-0.05, 0) is 54.6 Å². The van der Waals surface area contributed by atoms with Crippen LogP contribution >= 0.6 is 22.9 Å². The standard InChI is InChI=1S/C13H11ClOS/c1-8-5-6-16-13(8)12(15)10-3-4-11(14)9(2)7-10/h3-7H,1-2H3. The van der Waals surface area contributed by atoms with Crippen LogP contribution in [0.5, 0.6) is 0 Å². The molecule has 16 heavy (non-hydrogen) atoms. The average Bonchev–Trinajstić information content (AvgIpc) is 2.67. The lowest BCUT2D eigenvalue weighted by Gasteiger charge is -2.03. The van der Waals surface area contributed by atoms with Crippen LogP contribution in [0.25, 0.3) is 0 Å². The Balaban J connectivity index is 2.42. The SMILES string of the molecule is Cc1cc(C(=O)c2sccc2C)ccc1Cl. The van der Waals surface area contributed by atoms with Crippen LogP contribution in [-0.2, 0) is 0 Å². The van der Waals surface area contributed by atoms with Crippen molar-refractivity contribution in [1.29, 1.82) is 0 Å². The minimum atomic E-state index is 0.0762. The number of hydrogen-bond donors (Lipinski definition) is 0. The van der Waals surface area contributed by atoms with E-state index in [2.05, 4.69) is 0 Å². The van der Waals surface area contributed by atoms with E-state index in [1.807, 2.05) is 31.4 Å². The Kier molecular flexibility index (Phi) is 3.13. The van der Waals surface area contributed by atoms with Crippen LogP contribution in [0.4, 0.5) is 0 Å². The highest BCUT2D eigenvalue weighted by molar-refractivity contribution is 7.12. The highest BCUT2D eigenvalue weighted by Gasteiger charge is 2.13. The summed E-state index contributed by atoms with van der Waals surface area (Å²) in [6.07, 6.45) is 0. The second-order valence-electron chi connectivity index (χ2n) is 3.73. The Labute approximate surface area is 104 Å². The van der Waals surface area contributed by atoms with Gasteiger partial charge >= 0.3 is 0 Å². The van der Waals surface area contributed by atoms with Crippen LogP contribution < -0.4 is 0 Å². The molecule has 1 nitrogen and oxygen atoms in total. The fourth-order valence-electron chi connectivity index (χ4n) is 1.52. The molecule has 0 unspecified atom stereocenters. The fourth-order valence-corrected chi connectivity index (χ4v) is 2.53. The van der Waals surface area contributed by atoms with Crippen molar-refractivity contribution in [2.75, 3.05) is 0 Å². The van der Waals surface area contributed by atoms with E-state index >= 15 is 0 Å². The van der Waals surface area contributed by atoms with E-state index in [0.29, 0.717) is 10.6 Å². The third kappa shape index (κ3) is 2.04. The third-order valence-corrected chi connectivity index (χ3v) is 3.93. The molecule has 1 aromatic heterocycles. The molecule has 2 aromatic rings. The normalized spacial score (nSPS) is 10.4. The van der Waals surface area contributed by atoms with Crippen LogP contribution in [0.2, 0.25) is 5.02 Å². The molecule has 1 heterocycles. The molecule has 0 aliphatic carbocycles. The first-order valence-electron chi connectivity index (χ1n) is 4.94. The van der Waals surface area contributed by atoms with E-state index in [9.17, 15) is 4.79 Å². The molecule has 0 saturated carbocycles. The van der Waals surface area contributed by atoms with Gasteiger partial charge in [0.2, 0.25) is 5.78 Å². The smallest absolute Gasteiger partial charge is 0.203 e. The van der Waals surface area contributed by atoms with Crippen LogP contribution in [0.3, 0.4) is 0 Å². The molecule has 0 bridgehead atoms. The molecule has 0 radical (unpaired) electrons. The third-order valence-electron chi connectivity index (χ3n) is 2.49. The van der Waals surface area contributed by atoms with E-state index < -0.39 is 0 Å². The van der Waals surface area contributed by atoms with Gasteiger partial charge in [0.05, 0.1) is 4.88 Å². The Bertz CT molecular complexity index is 543. The summed E-state index contributed by atoms with van der Waals surface area (Å²) in [4.78, 5) is 13.0. The molecule has 3 heteroatoms. The molecule has 1 aromatic carbocycles. The zero-order chi connectivity index (χ0) is 11.7. The molecule has 2 rings (SSSR count). The Hall–Kier alpha value is -1.12. The zero-order valence-electron chi connectivity index (χ0n) is 9.08. The van der Waals surface area contributed by atoms with E-state index in [-0.39, 0.29) is 5.78 Å². The minimum absolute atomic E-state index is 0.0762. The zero-order valence-corrected chi connectivity index (χ0v) is 10.7. The highest BCUT2D eigenvalue weighted by atomic mass is 35.5. The molecular formula is C13H11ClOS. The van der Waals surface area contributed by atoms with Gasteiger partial charge in [-0.3, -0.25) is 4.79 Å². The van der Waals surface area contributed by atoms with E-state index in [4.69, 9.17) is 11.6 Å². The number of carbonyl (C=O) groups excluding carboxylic acids is 1. The molecule has 0 saturated heterocycles. The van der Waals surface area contributed by atoms with Crippen molar-refractivity contribution >= 4 is 28.7 Å². The summed E-state index contributed by atoms with van der Waals surface area (Å²) in [5.74, 6) is 0.0762. The maximum Gasteiger partial charge on any atom is 0.203 e. The lowest BCUT2D eigenvalue weighted by Crippen LogP contribution is -2.00. The summed E-state index contributed by atoms with van der Waals surface area (Å²) in [5.41, 5.74) is 2.66. The first kappa shape index (κ1) is 11.4. The number of hydrogen-bond acceptors (Lipinski definition) is 2. The second kappa shape index (κ2) is 4.40. The maximum atomic E-state index is 12.2. The van der Waals surface area contributed by atoms with Gasteiger partial charge < -0.3 is 0 Å². The Morgan fingerprint density at radius 2 is 1.94 bits per heavy atom. The number of aryl methyl sites for hydroxylation is 2. The molecule has 0 amide bonds. The Morgan fingerprint density at radius 1 is 1.19 bits per heavy atom. The summed E-state index contributed by atoms with van der Waals surface area (Å²) >= 11 is 7.41. The maximum absolute atomic E-state index is 12.2. The van der Waals surface area contributed by atoms with Crippen LogP contribution in [0.1, 0.15) is 26.4 Å². The number of halogens is 1. The summed E-state index contributed by atoms with van der Waals surface area (Å²) in [6, 6.07) is 7.34. The molecule has 0 spiro atoms. The first-order chi connectivity index (χ1) is 7.59. The average molecular weight is 251 g/mol. The van der Waals surface area contributed by atoms with E-state index in [1.54, 1.807) is 12.1 Å². The first-order valence-corrected chi connectivity index (χ1v) is 6.20. The number of benzene rings is 1. The van der Waals surface area contributed by atoms with E-state index in [0.717, 1.165) is 16.0 Å². The van der Waals surface area contributed by atoms with Gasteiger partial charge in [-0.15, -0.1) is 11.3 Å². The second-order valence-corrected chi connectivity index (χ2v) is 5.05. The van der Waals surface area contributed by atoms with Crippen LogP contribution in [0.15, 0.2) is 29.6 Å². The van der Waals surface area contributed by atoms with Crippen molar-refractivity contribution in [1.82, 2.24) is 0 Å². The highest BCUT2D eigenvalue weighted by Crippen LogP contribution is 2.22. The van der Waals surface area contributed by atoms with Crippen molar-refractivity contribution in [2.24, 2.45) is 0 Å². The number of ketones is 1. The summed E-state index contributed by atoms with van der Waals surface area (Å²) < 4.78 is 0. The molecule has 0 fully saturated rings. The number of thiophene rings is 1. The largest absolute Gasteiger partial charge is 0.288 e. The Morgan fingerprint density at radius 3 is 2.50 bits per heavy atom. The van der Waals surface area contributed by atoms with Crippen molar-refractivity contribution in [2.45, 2.75) is 13.8 Å². The van der Waals surface area contributed by atoms with E-state index in [1.165, 1.54) is 11.3 Å². The lowest BCUT2D eigenvalue weighted by atomic mass is 10.1. The van der Waals surface area contributed by atoms with Crippen molar-refractivity contribution < 1.29 is 4.79 Å². The molecule has 0 aliphatic heterocycles. The summed E-state index contributed by atoms with van der Waals surface area (Å²) in [6.45, 7) is 3.85. The van der Waals surface area contributed by atoms with Crippen LogP contribution in [-0.4, -0.2) is 5.78 Å². The van der Waals surface area contributed by atoms with Gasteiger partial charge in [-0.1, -0.05) is 11.6 Å². The van der Waals surface area contributed by atoms with Crippen molar-refractivity contribution in [3.63, 3.8) is 0 Å².